The van der Waals surface area contributed by atoms with Crippen LogP contribution in [0.4, 0.5) is 0 Å². The number of aromatic nitrogens is 3. The van der Waals surface area contributed by atoms with Crippen molar-refractivity contribution >= 4 is 5.97 Å². The van der Waals surface area contributed by atoms with Gasteiger partial charge in [-0.3, -0.25) is 9.48 Å². The van der Waals surface area contributed by atoms with E-state index >= 15 is 0 Å². The van der Waals surface area contributed by atoms with Gasteiger partial charge in [0.15, 0.2) is 5.82 Å². The molecule has 0 aromatic carbocycles. The number of rotatable bonds is 3. The molecule has 1 aromatic rings. The molecule has 0 amide bonds. The molecule has 17 heavy (non-hydrogen) atoms. The van der Waals surface area contributed by atoms with Gasteiger partial charge in [-0.05, 0) is 0 Å². The minimum absolute atomic E-state index is 0.123. The van der Waals surface area contributed by atoms with Crippen LogP contribution < -0.4 is 0 Å². The second-order valence-corrected chi connectivity index (χ2v) is 5.58. The molecule has 0 fully saturated rings. The maximum absolute atomic E-state index is 11.0. The van der Waals surface area contributed by atoms with E-state index in [1.54, 1.807) is 11.6 Å². The SMILES string of the molecule is CC(C(=O)O)C(C)c1nc(C(C)(C)C)nn1C. The summed E-state index contributed by atoms with van der Waals surface area (Å²) in [6.07, 6.45) is 0. The molecule has 1 aromatic heterocycles. The Balaban J connectivity index is 3.07. The number of carboxylic acid groups (broad SMARTS) is 1. The number of aliphatic carboxylic acids is 1. The lowest BCUT2D eigenvalue weighted by Gasteiger charge is -2.14. The van der Waals surface area contributed by atoms with Crippen molar-refractivity contribution in [1.82, 2.24) is 14.8 Å². The summed E-state index contributed by atoms with van der Waals surface area (Å²) in [4.78, 5) is 15.4. The van der Waals surface area contributed by atoms with Crippen LogP contribution in [0.1, 0.15) is 52.2 Å². The van der Waals surface area contributed by atoms with Crippen LogP contribution in [0.25, 0.3) is 0 Å². The molecule has 0 saturated heterocycles. The first kappa shape index (κ1) is 13.7. The summed E-state index contributed by atoms with van der Waals surface area (Å²) in [6, 6.07) is 0. The van der Waals surface area contributed by atoms with E-state index in [0.29, 0.717) is 0 Å². The summed E-state index contributed by atoms with van der Waals surface area (Å²) in [5, 5.41) is 13.4. The Morgan fingerprint density at radius 1 is 1.35 bits per heavy atom. The van der Waals surface area contributed by atoms with Crippen LogP contribution in [0.2, 0.25) is 0 Å². The molecule has 5 nitrogen and oxygen atoms in total. The van der Waals surface area contributed by atoms with E-state index in [1.165, 1.54) is 0 Å². The van der Waals surface area contributed by atoms with Crippen molar-refractivity contribution in [1.29, 1.82) is 0 Å². The van der Waals surface area contributed by atoms with Gasteiger partial charge in [0.2, 0.25) is 0 Å². The Bertz CT molecular complexity index is 418. The summed E-state index contributed by atoms with van der Waals surface area (Å²) in [7, 11) is 1.81. The number of nitrogens with zero attached hydrogens (tertiary/aromatic N) is 3. The molecule has 0 radical (unpaired) electrons. The van der Waals surface area contributed by atoms with Gasteiger partial charge >= 0.3 is 5.97 Å². The van der Waals surface area contributed by atoms with Gasteiger partial charge in [-0.2, -0.15) is 5.10 Å². The van der Waals surface area contributed by atoms with Gasteiger partial charge in [-0.1, -0.05) is 34.6 Å². The van der Waals surface area contributed by atoms with Crippen molar-refractivity contribution in [3.05, 3.63) is 11.6 Å². The fourth-order valence-electron chi connectivity index (χ4n) is 1.55. The largest absolute Gasteiger partial charge is 0.481 e. The molecule has 0 bridgehead atoms. The molecule has 0 saturated carbocycles. The smallest absolute Gasteiger partial charge is 0.306 e. The number of hydrogen-bond acceptors (Lipinski definition) is 3. The van der Waals surface area contributed by atoms with E-state index in [1.807, 2.05) is 34.7 Å². The molecule has 0 aliphatic heterocycles. The van der Waals surface area contributed by atoms with E-state index in [9.17, 15) is 4.79 Å². The van der Waals surface area contributed by atoms with E-state index in [0.717, 1.165) is 11.6 Å². The number of hydrogen-bond donors (Lipinski definition) is 1. The fourth-order valence-corrected chi connectivity index (χ4v) is 1.55. The summed E-state index contributed by atoms with van der Waals surface area (Å²) in [5.74, 6) is 0.0499. The van der Waals surface area contributed by atoms with E-state index in [2.05, 4.69) is 10.1 Å². The monoisotopic (exact) mass is 239 g/mol. The molecule has 1 rings (SSSR count). The summed E-state index contributed by atoms with van der Waals surface area (Å²) in [6.45, 7) is 9.68. The molecule has 0 aliphatic carbocycles. The van der Waals surface area contributed by atoms with Crippen LogP contribution >= 0.6 is 0 Å². The van der Waals surface area contributed by atoms with E-state index < -0.39 is 11.9 Å². The molecule has 1 heterocycles. The van der Waals surface area contributed by atoms with Gasteiger partial charge in [-0.15, -0.1) is 0 Å². The molecule has 5 heteroatoms. The highest BCUT2D eigenvalue weighted by Gasteiger charge is 2.28. The highest BCUT2D eigenvalue weighted by atomic mass is 16.4. The Morgan fingerprint density at radius 3 is 2.24 bits per heavy atom. The standard InChI is InChI=1S/C12H21N3O2/c1-7(8(2)10(16)17)9-13-11(12(3,4)5)14-15(9)6/h7-8H,1-6H3,(H,16,17). The highest BCUT2D eigenvalue weighted by Crippen LogP contribution is 2.25. The van der Waals surface area contributed by atoms with Crippen LogP contribution in [0.15, 0.2) is 0 Å². The average Bonchev–Trinajstić information content (AvgIpc) is 2.57. The van der Waals surface area contributed by atoms with E-state index in [4.69, 9.17) is 5.11 Å². The predicted molar refractivity (Wildman–Crippen MR) is 64.9 cm³/mol. The van der Waals surface area contributed by atoms with Gasteiger partial charge in [0.05, 0.1) is 5.92 Å². The van der Waals surface area contributed by atoms with Gasteiger partial charge < -0.3 is 5.11 Å². The lowest BCUT2D eigenvalue weighted by molar-refractivity contribution is -0.141. The van der Waals surface area contributed by atoms with Crippen molar-refractivity contribution in [2.45, 2.75) is 46.0 Å². The third kappa shape index (κ3) is 2.84. The first-order valence-electron chi connectivity index (χ1n) is 5.78. The summed E-state index contributed by atoms with van der Waals surface area (Å²) in [5.41, 5.74) is -0.123. The lowest BCUT2D eigenvalue weighted by atomic mass is 9.94. The van der Waals surface area contributed by atoms with Crippen molar-refractivity contribution in [3.8, 4) is 0 Å². The van der Waals surface area contributed by atoms with Gasteiger partial charge in [0.1, 0.15) is 5.82 Å². The van der Waals surface area contributed by atoms with Crippen LogP contribution in [-0.2, 0) is 17.3 Å². The maximum Gasteiger partial charge on any atom is 0.306 e. The van der Waals surface area contributed by atoms with Crippen LogP contribution in [0.3, 0.4) is 0 Å². The van der Waals surface area contributed by atoms with Crippen molar-refractivity contribution in [2.24, 2.45) is 13.0 Å². The number of carboxylic acids is 1. The molecule has 0 spiro atoms. The highest BCUT2D eigenvalue weighted by molar-refractivity contribution is 5.70. The molecule has 2 atom stereocenters. The zero-order valence-electron chi connectivity index (χ0n) is 11.4. The Morgan fingerprint density at radius 2 is 1.88 bits per heavy atom. The first-order valence-corrected chi connectivity index (χ1v) is 5.78. The van der Waals surface area contributed by atoms with Crippen molar-refractivity contribution < 1.29 is 9.90 Å². The third-order valence-electron chi connectivity index (χ3n) is 3.01. The van der Waals surface area contributed by atoms with Gasteiger partial charge in [0, 0.05) is 18.4 Å². The second kappa shape index (κ2) is 4.47. The zero-order chi connectivity index (χ0) is 13.4. The molecular formula is C12H21N3O2. The fraction of sp³-hybridized carbons (Fsp3) is 0.750. The molecular weight excluding hydrogens is 218 g/mol. The van der Waals surface area contributed by atoms with E-state index in [-0.39, 0.29) is 11.3 Å². The molecule has 96 valence electrons. The van der Waals surface area contributed by atoms with Crippen LogP contribution in [0, 0.1) is 5.92 Å². The summed E-state index contributed by atoms with van der Waals surface area (Å²) >= 11 is 0. The third-order valence-corrected chi connectivity index (χ3v) is 3.01. The van der Waals surface area contributed by atoms with Crippen LogP contribution in [-0.4, -0.2) is 25.8 Å². The topological polar surface area (TPSA) is 68.0 Å². The lowest BCUT2D eigenvalue weighted by Crippen LogP contribution is -2.19. The Labute approximate surface area is 102 Å². The Hall–Kier alpha value is -1.39. The maximum atomic E-state index is 11.0. The minimum Gasteiger partial charge on any atom is -0.481 e. The number of aryl methyl sites for hydroxylation is 1. The Kier molecular flexibility index (Phi) is 3.59. The minimum atomic E-state index is -0.808. The predicted octanol–water partition coefficient (Wildman–Crippen LogP) is 1.94. The molecule has 2 unspecified atom stereocenters. The number of carbonyl (C=O) groups is 1. The van der Waals surface area contributed by atoms with Crippen molar-refractivity contribution in [3.63, 3.8) is 0 Å². The van der Waals surface area contributed by atoms with Crippen LogP contribution in [0.5, 0.6) is 0 Å². The van der Waals surface area contributed by atoms with Gasteiger partial charge in [0.25, 0.3) is 0 Å². The molecule has 0 aliphatic rings. The average molecular weight is 239 g/mol. The summed E-state index contributed by atoms with van der Waals surface area (Å²) < 4.78 is 1.69. The zero-order valence-corrected chi connectivity index (χ0v) is 11.4. The quantitative estimate of drug-likeness (QED) is 0.875. The van der Waals surface area contributed by atoms with Crippen molar-refractivity contribution in [2.75, 3.05) is 0 Å². The second-order valence-electron chi connectivity index (χ2n) is 5.58. The van der Waals surface area contributed by atoms with Gasteiger partial charge in [-0.25, -0.2) is 4.98 Å². The molecule has 1 N–H and O–H groups in total. The normalized spacial score (nSPS) is 15.6. The first-order chi connectivity index (χ1) is 7.64.